The van der Waals surface area contributed by atoms with E-state index in [1.807, 2.05) is 12.1 Å². The second-order valence-electron chi connectivity index (χ2n) is 5.49. The lowest BCUT2D eigenvalue weighted by molar-refractivity contribution is 0.101. The molecule has 2 rings (SSSR count). The number of anilines is 1. The molecule has 0 bridgehead atoms. The number of hydrogen-bond acceptors (Lipinski definition) is 3. The van der Waals surface area contributed by atoms with E-state index in [9.17, 15) is 13.2 Å². The number of hydrogen-bond donors (Lipinski definition) is 1. The first kappa shape index (κ1) is 17.2. The van der Waals surface area contributed by atoms with E-state index in [0.717, 1.165) is 24.8 Å². The minimum Gasteiger partial charge on any atom is -0.295 e. The molecule has 1 N–H and O–H groups in total. The average molecular weight is 331 g/mol. The van der Waals surface area contributed by atoms with E-state index in [4.69, 9.17) is 0 Å². The Morgan fingerprint density at radius 1 is 1.09 bits per heavy atom. The lowest BCUT2D eigenvalue weighted by Crippen LogP contribution is -2.13. The Balaban J connectivity index is 2.18. The van der Waals surface area contributed by atoms with Crippen molar-refractivity contribution in [2.24, 2.45) is 0 Å². The number of ketones is 1. The highest BCUT2D eigenvalue weighted by molar-refractivity contribution is 7.92. The number of rotatable bonds is 7. The van der Waals surface area contributed by atoms with Crippen molar-refractivity contribution >= 4 is 21.5 Å². The maximum Gasteiger partial charge on any atom is 0.261 e. The van der Waals surface area contributed by atoms with E-state index in [1.165, 1.54) is 13.0 Å². The SMILES string of the molecule is CCCCc1ccc(S(=O)(=O)Nc2cccc(C(C)=O)c2)cc1. The van der Waals surface area contributed by atoms with Crippen LogP contribution in [-0.2, 0) is 16.4 Å². The van der Waals surface area contributed by atoms with Crippen LogP contribution >= 0.6 is 0 Å². The molecule has 0 aliphatic carbocycles. The molecule has 0 atom stereocenters. The van der Waals surface area contributed by atoms with Gasteiger partial charge >= 0.3 is 0 Å². The number of nitrogens with one attached hydrogen (secondary N) is 1. The zero-order valence-electron chi connectivity index (χ0n) is 13.4. The van der Waals surface area contributed by atoms with Crippen LogP contribution in [0.15, 0.2) is 53.4 Å². The third kappa shape index (κ3) is 4.66. The van der Waals surface area contributed by atoms with Crippen molar-refractivity contribution in [3.05, 3.63) is 59.7 Å². The van der Waals surface area contributed by atoms with E-state index in [1.54, 1.807) is 30.3 Å². The molecule has 5 heteroatoms. The zero-order chi connectivity index (χ0) is 16.9. The molecule has 4 nitrogen and oxygen atoms in total. The molecule has 0 aliphatic rings. The topological polar surface area (TPSA) is 63.2 Å². The molecule has 0 spiro atoms. The number of aryl methyl sites for hydroxylation is 1. The van der Waals surface area contributed by atoms with Crippen LogP contribution in [-0.4, -0.2) is 14.2 Å². The molecule has 0 radical (unpaired) electrons. The van der Waals surface area contributed by atoms with Crippen molar-refractivity contribution in [1.82, 2.24) is 0 Å². The molecule has 0 heterocycles. The summed E-state index contributed by atoms with van der Waals surface area (Å²) in [6.07, 6.45) is 3.14. The molecule has 0 saturated carbocycles. The monoisotopic (exact) mass is 331 g/mol. The Kier molecular flexibility index (Phi) is 5.55. The minimum atomic E-state index is -3.65. The van der Waals surface area contributed by atoms with E-state index < -0.39 is 10.0 Å². The highest BCUT2D eigenvalue weighted by Gasteiger charge is 2.14. The second-order valence-corrected chi connectivity index (χ2v) is 7.17. The summed E-state index contributed by atoms with van der Waals surface area (Å²) >= 11 is 0. The van der Waals surface area contributed by atoms with Crippen LogP contribution in [0.1, 0.15) is 42.6 Å². The highest BCUT2D eigenvalue weighted by atomic mass is 32.2. The van der Waals surface area contributed by atoms with Gasteiger partial charge in [-0.05, 0) is 49.6 Å². The van der Waals surface area contributed by atoms with E-state index >= 15 is 0 Å². The summed E-state index contributed by atoms with van der Waals surface area (Å²) in [4.78, 5) is 11.6. The van der Waals surface area contributed by atoms with Gasteiger partial charge in [0.1, 0.15) is 0 Å². The molecule has 0 fully saturated rings. The number of sulfonamides is 1. The summed E-state index contributed by atoms with van der Waals surface area (Å²) in [5.41, 5.74) is 1.98. The van der Waals surface area contributed by atoms with Crippen molar-refractivity contribution in [1.29, 1.82) is 0 Å². The zero-order valence-corrected chi connectivity index (χ0v) is 14.2. The number of carbonyl (C=O) groups is 1. The van der Waals surface area contributed by atoms with Crippen molar-refractivity contribution in [2.45, 2.75) is 38.0 Å². The Bertz CT molecular complexity index is 780. The van der Waals surface area contributed by atoms with Crippen molar-refractivity contribution < 1.29 is 13.2 Å². The first-order valence-electron chi connectivity index (χ1n) is 7.65. The molecule has 122 valence electrons. The molecule has 0 unspecified atom stereocenters. The van der Waals surface area contributed by atoms with Crippen LogP contribution < -0.4 is 4.72 Å². The summed E-state index contributed by atoms with van der Waals surface area (Å²) in [7, 11) is -3.65. The smallest absolute Gasteiger partial charge is 0.261 e. The van der Waals surface area contributed by atoms with Gasteiger partial charge in [0.2, 0.25) is 0 Å². The quantitative estimate of drug-likeness (QED) is 0.779. The van der Waals surface area contributed by atoms with Crippen LogP contribution in [0.5, 0.6) is 0 Å². The van der Waals surface area contributed by atoms with E-state index in [2.05, 4.69) is 11.6 Å². The van der Waals surface area contributed by atoms with Gasteiger partial charge in [-0.15, -0.1) is 0 Å². The third-order valence-electron chi connectivity index (χ3n) is 3.57. The molecule has 0 amide bonds. The van der Waals surface area contributed by atoms with Gasteiger partial charge in [-0.25, -0.2) is 8.42 Å². The van der Waals surface area contributed by atoms with Gasteiger partial charge in [0, 0.05) is 11.3 Å². The van der Waals surface area contributed by atoms with Gasteiger partial charge in [0.25, 0.3) is 10.0 Å². The summed E-state index contributed by atoms with van der Waals surface area (Å²) in [6, 6.07) is 13.4. The standard InChI is InChI=1S/C18H21NO3S/c1-3-4-6-15-9-11-18(12-10-15)23(21,22)19-17-8-5-7-16(13-17)14(2)20/h5,7-13,19H,3-4,6H2,1-2H3. The van der Waals surface area contributed by atoms with Crippen LogP contribution in [0, 0.1) is 0 Å². The third-order valence-corrected chi connectivity index (χ3v) is 4.97. The summed E-state index contributed by atoms with van der Waals surface area (Å²) in [5, 5.41) is 0. The first-order valence-corrected chi connectivity index (χ1v) is 9.13. The van der Waals surface area contributed by atoms with Gasteiger partial charge in [-0.3, -0.25) is 9.52 Å². The molecule has 2 aromatic rings. The summed E-state index contributed by atoms with van der Waals surface area (Å²) in [5.74, 6) is -0.105. The molecular formula is C18H21NO3S. The van der Waals surface area contributed by atoms with E-state index in [-0.39, 0.29) is 10.7 Å². The highest BCUT2D eigenvalue weighted by Crippen LogP contribution is 2.18. The molecule has 2 aromatic carbocycles. The predicted molar refractivity (Wildman–Crippen MR) is 92.3 cm³/mol. The van der Waals surface area contributed by atoms with Gasteiger partial charge in [-0.1, -0.05) is 37.6 Å². The fourth-order valence-electron chi connectivity index (χ4n) is 2.23. The number of Topliss-reactive ketones (excluding diaryl/α,β-unsaturated/α-hetero) is 1. The number of carbonyl (C=O) groups excluding carboxylic acids is 1. The molecule has 0 aliphatic heterocycles. The van der Waals surface area contributed by atoms with Gasteiger partial charge in [-0.2, -0.15) is 0 Å². The first-order chi connectivity index (χ1) is 10.9. The van der Waals surface area contributed by atoms with Crippen molar-refractivity contribution in [2.75, 3.05) is 4.72 Å². The summed E-state index contributed by atoms with van der Waals surface area (Å²) < 4.78 is 27.3. The number of benzene rings is 2. The van der Waals surface area contributed by atoms with E-state index in [0.29, 0.717) is 11.3 Å². The van der Waals surface area contributed by atoms with Gasteiger partial charge in [0.05, 0.1) is 4.90 Å². The second kappa shape index (κ2) is 7.42. The number of unbranched alkanes of at least 4 members (excludes halogenated alkanes) is 1. The normalized spacial score (nSPS) is 11.2. The largest absolute Gasteiger partial charge is 0.295 e. The van der Waals surface area contributed by atoms with Gasteiger partial charge < -0.3 is 0 Å². The Labute approximate surface area is 137 Å². The Morgan fingerprint density at radius 2 is 1.78 bits per heavy atom. The summed E-state index contributed by atoms with van der Waals surface area (Å²) in [6.45, 7) is 3.57. The van der Waals surface area contributed by atoms with Crippen LogP contribution in [0.25, 0.3) is 0 Å². The van der Waals surface area contributed by atoms with Crippen LogP contribution in [0.3, 0.4) is 0 Å². The minimum absolute atomic E-state index is 0.105. The maximum absolute atomic E-state index is 12.4. The Morgan fingerprint density at radius 3 is 2.39 bits per heavy atom. The van der Waals surface area contributed by atoms with Crippen LogP contribution in [0.4, 0.5) is 5.69 Å². The lowest BCUT2D eigenvalue weighted by atomic mass is 10.1. The molecule has 0 aromatic heterocycles. The lowest BCUT2D eigenvalue weighted by Gasteiger charge is -2.09. The molecule has 23 heavy (non-hydrogen) atoms. The maximum atomic E-state index is 12.4. The Hall–Kier alpha value is -2.14. The van der Waals surface area contributed by atoms with Gasteiger partial charge in [0.15, 0.2) is 5.78 Å². The fraction of sp³-hybridized carbons (Fsp3) is 0.278. The fourth-order valence-corrected chi connectivity index (χ4v) is 3.28. The average Bonchev–Trinajstić information content (AvgIpc) is 2.53. The van der Waals surface area contributed by atoms with Crippen molar-refractivity contribution in [3.8, 4) is 0 Å². The van der Waals surface area contributed by atoms with Crippen LogP contribution in [0.2, 0.25) is 0 Å². The molecule has 0 saturated heterocycles. The predicted octanol–water partition coefficient (Wildman–Crippen LogP) is 4.03. The van der Waals surface area contributed by atoms with Crippen molar-refractivity contribution in [3.63, 3.8) is 0 Å². The molecular weight excluding hydrogens is 310 g/mol.